The Hall–Kier alpha value is -3.10. The number of hydrogen-bond donors (Lipinski definition) is 1. The molecule has 3 rings (SSSR count). The molecule has 32 heavy (non-hydrogen) atoms. The summed E-state index contributed by atoms with van der Waals surface area (Å²) < 4.78 is 10.5. The fraction of sp³-hybridized carbons (Fsp3) is 0.348. The van der Waals surface area contributed by atoms with Gasteiger partial charge in [0.05, 0.1) is 13.5 Å². The van der Waals surface area contributed by atoms with Crippen molar-refractivity contribution in [3.63, 3.8) is 0 Å². The summed E-state index contributed by atoms with van der Waals surface area (Å²) in [4.78, 5) is 38.2. The van der Waals surface area contributed by atoms with Gasteiger partial charge in [-0.25, -0.2) is 4.79 Å². The number of aliphatic carboxylic acids is 1. The second-order valence-corrected chi connectivity index (χ2v) is 7.92. The molecule has 1 saturated heterocycles. The summed E-state index contributed by atoms with van der Waals surface area (Å²) >= 11 is 5.93. The lowest BCUT2D eigenvalue weighted by Gasteiger charge is -2.34. The third-order valence-corrected chi connectivity index (χ3v) is 5.45. The first kappa shape index (κ1) is 23.6. The van der Waals surface area contributed by atoms with Crippen LogP contribution in [0.2, 0.25) is 5.02 Å². The van der Waals surface area contributed by atoms with Crippen LogP contribution in [0, 0.1) is 0 Å². The van der Waals surface area contributed by atoms with Crippen LogP contribution < -0.4 is 4.74 Å². The smallest absolute Gasteiger partial charge is 0.396 e. The number of methoxy groups -OCH3 is 1. The van der Waals surface area contributed by atoms with E-state index in [-0.39, 0.29) is 6.42 Å². The minimum atomic E-state index is -0.902. The summed E-state index contributed by atoms with van der Waals surface area (Å²) in [5, 5.41) is 9.79. The Morgan fingerprint density at radius 3 is 2.28 bits per heavy atom. The summed E-state index contributed by atoms with van der Waals surface area (Å²) in [6.07, 6.45) is -0.0775. The van der Waals surface area contributed by atoms with Gasteiger partial charge in [-0.05, 0) is 29.3 Å². The quantitative estimate of drug-likeness (QED) is 0.500. The van der Waals surface area contributed by atoms with Crippen molar-refractivity contribution in [1.29, 1.82) is 0 Å². The minimum absolute atomic E-state index is 0.0775. The van der Waals surface area contributed by atoms with Gasteiger partial charge in [0.15, 0.2) is 0 Å². The van der Waals surface area contributed by atoms with E-state index in [1.165, 1.54) is 12.0 Å². The van der Waals surface area contributed by atoms with E-state index in [9.17, 15) is 14.4 Å². The van der Waals surface area contributed by atoms with Gasteiger partial charge in [-0.2, -0.15) is 0 Å². The van der Waals surface area contributed by atoms with Gasteiger partial charge in [-0.1, -0.05) is 35.9 Å². The molecule has 0 atom stereocenters. The molecule has 0 radical (unpaired) electrons. The maximum atomic E-state index is 12.0. The second-order valence-electron chi connectivity index (χ2n) is 7.49. The number of carboxylic acids is 1. The van der Waals surface area contributed by atoms with Crippen molar-refractivity contribution in [2.45, 2.75) is 19.6 Å². The van der Waals surface area contributed by atoms with E-state index in [2.05, 4.69) is 9.64 Å². The molecular formula is C23H25ClN2O6. The van der Waals surface area contributed by atoms with Crippen LogP contribution in [0.25, 0.3) is 0 Å². The highest BCUT2D eigenvalue weighted by Crippen LogP contribution is 2.24. The summed E-state index contributed by atoms with van der Waals surface area (Å²) in [7, 11) is 1.19. The Balaban J connectivity index is 1.68. The molecule has 0 aliphatic carbocycles. The molecule has 1 fully saturated rings. The monoisotopic (exact) mass is 460 g/mol. The average molecular weight is 461 g/mol. The highest BCUT2D eigenvalue weighted by molar-refractivity contribution is 6.32. The van der Waals surface area contributed by atoms with Crippen molar-refractivity contribution in [2.75, 3.05) is 33.3 Å². The van der Waals surface area contributed by atoms with E-state index in [0.717, 1.165) is 11.1 Å². The first-order chi connectivity index (χ1) is 15.4. The molecule has 8 nitrogen and oxygen atoms in total. The molecule has 1 N–H and O–H groups in total. The van der Waals surface area contributed by atoms with Gasteiger partial charge in [-0.3, -0.25) is 14.5 Å². The summed E-state index contributed by atoms with van der Waals surface area (Å²) in [6.45, 7) is 2.84. The van der Waals surface area contributed by atoms with Crippen LogP contribution in [0.15, 0.2) is 42.5 Å². The van der Waals surface area contributed by atoms with E-state index >= 15 is 0 Å². The lowest BCUT2D eigenvalue weighted by atomic mass is 10.1. The zero-order valence-electron chi connectivity index (χ0n) is 17.8. The molecule has 1 amide bonds. The molecule has 170 valence electrons. The normalized spacial score (nSPS) is 14.1. The maximum Gasteiger partial charge on any atom is 0.396 e. The predicted molar refractivity (Wildman–Crippen MR) is 117 cm³/mol. The number of benzene rings is 2. The van der Waals surface area contributed by atoms with Crippen molar-refractivity contribution < 1.29 is 29.0 Å². The number of ether oxygens (including phenoxy) is 2. The van der Waals surface area contributed by atoms with Crippen molar-refractivity contribution in [2.24, 2.45) is 0 Å². The Labute approximate surface area is 191 Å². The lowest BCUT2D eigenvalue weighted by molar-refractivity contribution is -0.159. The molecule has 0 unspecified atom stereocenters. The van der Waals surface area contributed by atoms with E-state index in [1.54, 1.807) is 24.3 Å². The third kappa shape index (κ3) is 6.45. The van der Waals surface area contributed by atoms with Gasteiger partial charge in [0, 0.05) is 43.3 Å². The van der Waals surface area contributed by atoms with Crippen LogP contribution >= 0.6 is 11.6 Å². The van der Waals surface area contributed by atoms with Gasteiger partial charge in [0.25, 0.3) is 0 Å². The van der Waals surface area contributed by atoms with Crippen LogP contribution in [0.1, 0.15) is 16.7 Å². The van der Waals surface area contributed by atoms with Crippen LogP contribution in [0.3, 0.4) is 0 Å². The molecule has 0 spiro atoms. The van der Waals surface area contributed by atoms with E-state index in [0.29, 0.717) is 55.7 Å². The lowest BCUT2D eigenvalue weighted by Crippen LogP contribution is -2.50. The predicted octanol–water partition coefficient (Wildman–Crippen LogP) is 2.36. The van der Waals surface area contributed by atoms with E-state index in [1.807, 2.05) is 18.2 Å². The molecule has 0 saturated carbocycles. The van der Waals surface area contributed by atoms with Gasteiger partial charge in [-0.15, -0.1) is 0 Å². The van der Waals surface area contributed by atoms with Gasteiger partial charge >= 0.3 is 17.8 Å². The molecule has 1 aliphatic rings. The number of piperazine rings is 1. The topological polar surface area (TPSA) is 96.4 Å². The molecule has 1 aliphatic heterocycles. The number of esters is 1. The van der Waals surface area contributed by atoms with Crippen molar-refractivity contribution in [3.05, 3.63) is 64.2 Å². The number of amides is 1. The third-order valence-electron chi connectivity index (χ3n) is 5.20. The van der Waals surface area contributed by atoms with Crippen LogP contribution in [-0.4, -0.2) is 66.0 Å². The van der Waals surface area contributed by atoms with E-state index < -0.39 is 17.8 Å². The second kappa shape index (κ2) is 11.0. The Morgan fingerprint density at radius 1 is 1.00 bits per heavy atom. The molecule has 1 heterocycles. The summed E-state index contributed by atoms with van der Waals surface area (Å²) in [6, 6.07) is 12.8. The Kier molecular flexibility index (Phi) is 8.08. The first-order valence-electron chi connectivity index (χ1n) is 10.2. The van der Waals surface area contributed by atoms with Crippen molar-refractivity contribution in [1.82, 2.24) is 9.80 Å². The summed E-state index contributed by atoms with van der Waals surface area (Å²) in [5.74, 6) is -1.73. The number of halogens is 1. The number of carbonyl (C=O) groups is 3. The fourth-order valence-corrected chi connectivity index (χ4v) is 3.62. The number of nitrogens with zero attached hydrogens (tertiary/aromatic N) is 2. The zero-order chi connectivity index (χ0) is 23.1. The molecule has 0 aromatic heterocycles. The molecule has 0 bridgehead atoms. The highest BCUT2D eigenvalue weighted by atomic mass is 35.5. The Bertz CT molecular complexity index is 971. The van der Waals surface area contributed by atoms with Crippen molar-refractivity contribution >= 4 is 29.4 Å². The van der Waals surface area contributed by atoms with Crippen molar-refractivity contribution in [3.8, 4) is 5.75 Å². The zero-order valence-corrected chi connectivity index (χ0v) is 18.5. The number of rotatable bonds is 7. The van der Waals surface area contributed by atoms with Gasteiger partial charge < -0.3 is 19.5 Å². The highest BCUT2D eigenvalue weighted by Gasteiger charge is 2.27. The standard InChI is InChI=1S/C23H25ClN2O6/c1-31-23(30)22(29)26-10-8-25(9-11-26)14-18-12-17(13-21(27)28)4-7-20(18)32-15-16-2-5-19(24)6-3-16/h2-7,12H,8-11,13-15H2,1H3,(H,27,28). The first-order valence-corrected chi connectivity index (χ1v) is 10.5. The van der Waals surface area contributed by atoms with Crippen LogP contribution in [0.4, 0.5) is 0 Å². The van der Waals surface area contributed by atoms with E-state index in [4.69, 9.17) is 21.4 Å². The number of carboxylic acid groups (broad SMARTS) is 1. The molecule has 2 aromatic rings. The molecular weight excluding hydrogens is 436 g/mol. The fourth-order valence-electron chi connectivity index (χ4n) is 3.49. The maximum absolute atomic E-state index is 12.0. The van der Waals surface area contributed by atoms with Crippen LogP contribution in [0.5, 0.6) is 5.75 Å². The number of hydrogen-bond acceptors (Lipinski definition) is 6. The number of carbonyl (C=O) groups excluding carboxylic acids is 2. The summed E-state index contributed by atoms with van der Waals surface area (Å²) in [5.41, 5.74) is 2.52. The van der Waals surface area contributed by atoms with Gasteiger partial charge in [0.2, 0.25) is 0 Å². The minimum Gasteiger partial charge on any atom is -0.489 e. The average Bonchev–Trinajstić information content (AvgIpc) is 2.79. The SMILES string of the molecule is COC(=O)C(=O)N1CCN(Cc2cc(CC(=O)O)ccc2OCc2ccc(Cl)cc2)CC1. The van der Waals surface area contributed by atoms with Gasteiger partial charge in [0.1, 0.15) is 12.4 Å². The molecule has 9 heteroatoms. The Morgan fingerprint density at radius 2 is 1.66 bits per heavy atom. The largest absolute Gasteiger partial charge is 0.489 e. The van der Waals surface area contributed by atoms with Crippen LogP contribution in [-0.2, 0) is 38.7 Å². The molecule has 2 aromatic carbocycles.